The first kappa shape index (κ1) is 14.7. The second kappa shape index (κ2) is 5.37. The average Bonchev–Trinajstić information content (AvgIpc) is 2.35. The predicted molar refractivity (Wildman–Crippen MR) is 79.9 cm³/mol. The fraction of sp³-hybridized carbons (Fsp3) is 0.267. The molecule has 0 aliphatic heterocycles. The summed E-state index contributed by atoms with van der Waals surface area (Å²) in [6.45, 7) is 5.98. The van der Waals surface area contributed by atoms with Gasteiger partial charge in [0.05, 0.1) is 11.3 Å². The molecule has 2 aromatic rings. The van der Waals surface area contributed by atoms with Gasteiger partial charge in [0, 0.05) is 17.2 Å². The van der Waals surface area contributed by atoms with Crippen molar-refractivity contribution in [3.05, 3.63) is 35.6 Å². The van der Waals surface area contributed by atoms with E-state index in [9.17, 15) is 4.39 Å². The monoisotopic (exact) mass is 285 g/mol. The first-order valence-electron chi connectivity index (χ1n) is 6.41. The molecule has 0 spiro atoms. The summed E-state index contributed by atoms with van der Waals surface area (Å²) in [5.41, 5.74) is 6.55. The van der Waals surface area contributed by atoms with Gasteiger partial charge in [-0.15, -0.1) is 0 Å². The van der Waals surface area contributed by atoms with Crippen molar-refractivity contribution in [1.29, 1.82) is 5.26 Å². The van der Waals surface area contributed by atoms with Crippen LogP contribution in [0.4, 0.5) is 16.2 Å². The molecule has 0 aliphatic rings. The molecule has 0 saturated heterocycles. The van der Waals surface area contributed by atoms with Gasteiger partial charge < -0.3 is 11.1 Å². The van der Waals surface area contributed by atoms with Crippen LogP contribution in [0, 0.1) is 17.1 Å². The number of nitrogens with one attached hydrogen (secondary N) is 1. The van der Waals surface area contributed by atoms with Crippen molar-refractivity contribution in [3.63, 3.8) is 0 Å². The molecule has 0 amide bonds. The number of anilines is 2. The van der Waals surface area contributed by atoms with Crippen molar-refractivity contribution in [2.75, 3.05) is 11.1 Å². The molecule has 2 rings (SSSR count). The van der Waals surface area contributed by atoms with Crippen molar-refractivity contribution in [1.82, 2.24) is 9.97 Å². The highest BCUT2D eigenvalue weighted by atomic mass is 19.1. The minimum Gasteiger partial charge on any atom is -0.368 e. The Hall–Kier alpha value is -2.68. The minimum absolute atomic E-state index is 0.00572. The maximum atomic E-state index is 13.7. The molecular weight excluding hydrogens is 269 g/mol. The van der Waals surface area contributed by atoms with Crippen LogP contribution in [-0.2, 0) is 0 Å². The van der Waals surface area contributed by atoms with Gasteiger partial charge in [-0.05, 0) is 32.9 Å². The summed E-state index contributed by atoms with van der Waals surface area (Å²) >= 11 is 0. The van der Waals surface area contributed by atoms with E-state index in [1.54, 1.807) is 18.2 Å². The third-order valence-corrected chi connectivity index (χ3v) is 2.63. The molecule has 0 unspecified atom stereocenters. The molecule has 0 aliphatic carbocycles. The van der Waals surface area contributed by atoms with E-state index < -0.39 is 5.82 Å². The topological polar surface area (TPSA) is 87.6 Å². The number of nitrogen functional groups attached to an aromatic ring is 1. The van der Waals surface area contributed by atoms with E-state index in [4.69, 9.17) is 11.0 Å². The minimum atomic E-state index is -0.586. The van der Waals surface area contributed by atoms with Gasteiger partial charge in [0.25, 0.3) is 0 Å². The van der Waals surface area contributed by atoms with Gasteiger partial charge in [0.1, 0.15) is 17.7 Å². The molecule has 0 saturated carbocycles. The number of hydrogen-bond acceptors (Lipinski definition) is 5. The maximum absolute atomic E-state index is 13.7. The molecule has 0 fully saturated rings. The van der Waals surface area contributed by atoms with Crippen LogP contribution >= 0.6 is 0 Å². The summed E-state index contributed by atoms with van der Waals surface area (Å²) in [6, 6.07) is 7.79. The first-order chi connectivity index (χ1) is 9.78. The first-order valence-corrected chi connectivity index (χ1v) is 6.41. The van der Waals surface area contributed by atoms with Crippen molar-refractivity contribution in [3.8, 4) is 17.3 Å². The van der Waals surface area contributed by atoms with Gasteiger partial charge >= 0.3 is 0 Å². The summed E-state index contributed by atoms with van der Waals surface area (Å²) in [5.74, 6) is 0.0799. The number of rotatable bonds is 2. The third kappa shape index (κ3) is 3.66. The Labute approximate surface area is 122 Å². The van der Waals surface area contributed by atoms with Gasteiger partial charge in [-0.3, -0.25) is 0 Å². The van der Waals surface area contributed by atoms with Crippen molar-refractivity contribution >= 4 is 11.8 Å². The fourth-order valence-electron chi connectivity index (χ4n) is 1.83. The molecule has 108 valence electrons. The quantitative estimate of drug-likeness (QED) is 0.885. The van der Waals surface area contributed by atoms with Crippen molar-refractivity contribution in [2.24, 2.45) is 0 Å². The Morgan fingerprint density at radius 1 is 1.24 bits per heavy atom. The van der Waals surface area contributed by atoms with Gasteiger partial charge in [0.15, 0.2) is 0 Å². The predicted octanol–water partition coefficient (Wildman–Crippen LogP) is 2.95. The third-order valence-electron chi connectivity index (χ3n) is 2.63. The highest BCUT2D eigenvalue weighted by Gasteiger charge is 2.13. The molecule has 1 heterocycles. The van der Waals surface area contributed by atoms with Crippen LogP contribution in [0.3, 0.4) is 0 Å². The SMILES string of the molecule is CC(C)(C)Nc1cc(-c2ccc(C#N)c(F)c2)nc(N)n1. The largest absolute Gasteiger partial charge is 0.368 e. The zero-order valence-electron chi connectivity index (χ0n) is 12.1. The Balaban J connectivity index is 2.45. The fourth-order valence-corrected chi connectivity index (χ4v) is 1.83. The second-order valence-corrected chi connectivity index (χ2v) is 5.68. The van der Waals surface area contributed by atoms with Crippen LogP contribution in [0.1, 0.15) is 26.3 Å². The number of nitrogens with two attached hydrogens (primary N) is 1. The number of hydrogen-bond donors (Lipinski definition) is 2. The Morgan fingerprint density at radius 3 is 2.52 bits per heavy atom. The number of nitriles is 1. The standard InChI is InChI=1S/C15H16FN5/c1-15(2,3)21-13-7-12(19-14(18)20-13)9-4-5-10(8-17)11(16)6-9/h4-7H,1-3H3,(H3,18,19,20,21). The van der Waals surface area contributed by atoms with Crippen LogP contribution in [-0.4, -0.2) is 15.5 Å². The van der Waals surface area contributed by atoms with E-state index in [0.717, 1.165) is 0 Å². The van der Waals surface area contributed by atoms with E-state index in [1.165, 1.54) is 12.1 Å². The summed E-state index contributed by atoms with van der Waals surface area (Å²) in [7, 11) is 0. The second-order valence-electron chi connectivity index (χ2n) is 5.68. The Bertz CT molecular complexity index is 713. The Kier molecular flexibility index (Phi) is 3.76. The van der Waals surface area contributed by atoms with Crippen molar-refractivity contribution < 1.29 is 4.39 Å². The van der Waals surface area contributed by atoms with Crippen LogP contribution < -0.4 is 11.1 Å². The van der Waals surface area contributed by atoms with E-state index >= 15 is 0 Å². The summed E-state index contributed by atoms with van der Waals surface area (Å²) in [4.78, 5) is 8.22. The van der Waals surface area contributed by atoms with Gasteiger partial charge in [0.2, 0.25) is 5.95 Å². The summed E-state index contributed by atoms with van der Waals surface area (Å²) < 4.78 is 13.7. The normalized spacial score (nSPS) is 11.0. The van der Waals surface area contributed by atoms with Crippen molar-refractivity contribution in [2.45, 2.75) is 26.3 Å². The van der Waals surface area contributed by atoms with E-state index in [1.807, 2.05) is 20.8 Å². The number of halogens is 1. The number of nitrogens with zero attached hydrogens (tertiary/aromatic N) is 3. The molecule has 3 N–H and O–H groups in total. The molecule has 21 heavy (non-hydrogen) atoms. The molecule has 5 nitrogen and oxygen atoms in total. The smallest absolute Gasteiger partial charge is 0.222 e. The summed E-state index contributed by atoms with van der Waals surface area (Å²) in [6.07, 6.45) is 0. The lowest BCUT2D eigenvalue weighted by molar-refractivity contribution is 0.624. The zero-order chi connectivity index (χ0) is 15.6. The average molecular weight is 285 g/mol. The number of benzene rings is 1. The van der Waals surface area contributed by atoms with Gasteiger partial charge in [-0.2, -0.15) is 10.2 Å². The highest BCUT2D eigenvalue weighted by molar-refractivity contribution is 5.65. The van der Waals surface area contributed by atoms with Gasteiger partial charge in [-0.25, -0.2) is 9.37 Å². The van der Waals surface area contributed by atoms with Crippen LogP contribution in [0.5, 0.6) is 0 Å². The molecule has 0 bridgehead atoms. The lowest BCUT2D eigenvalue weighted by atomic mass is 10.1. The van der Waals surface area contributed by atoms with Gasteiger partial charge in [-0.1, -0.05) is 6.07 Å². The van der Waals surface area contributed by atoms with E-state index in [2.05, 4.69) is 15.3 Å². The Morgan fingerprint density at radius 2 is 1.95 bits per heavy atom. The lowest BCUT2D eigenvalue weighted by Gasteiger charge is -2.21. The maximum Gasteiger partial charge on any atom is 0.222 e. The molecular formula is C15H16FN5. The van der Waals surface area contributed by atoms with Crippen LogP contribution in [0.25, 0.3) is 11.3 Å². The lowest BCUT2D eigenvalue weighted by Crippen LogP contribution is -2.27. The van der Waals surface area contributed by atoms with E-state index in [-0.39, 0.29) is 17.1 Å². The van der Waals surface area contributed by atoms with Crippen LogP contribution in [0.15, 0.2) is 24.3 Å². The van der Waals surface area contributed by atoms with E-state index in [0.29, 0.717) is 17.1 Å². The van der Waals surface area contributed by atoms with Crippen LogP contribution in [0.2, 0.25) is 0 Å². The summed E-state index contributed by atoms with van der Waals surface area (Å²) in [5, 5.41) is 11.9. The zero-order valence-corrected chi connectivity index (χ0v) is 12.1. The molecule has 0 atom stereocenters. The number of aromatic nitrogens is 2. The highest BCUT2D eigenvalue weighted by Crippen LogP contribution is 2.24. The molecule has 1 aromatic heterocycles. The molecule has 0 radical (unpaired) electrons. The molecule has 6 heteroatoms. The molecule has 1 aromatic carbocycles.